The molecule has 5 nitrogen and oxygen atoms in total. The van der Waals surface area contributed by atoms with Crippen molar-refractivity contribution in [3.8, 4) is 11.4 Å². The lowest BCUT2D eigenvalue weighted by Crippen LogP contribution is -2.05. The molecule has 0 amide bonds. The van der Waals surface area contributed by atoms with E-state index in [1.807, 2.05) is 0 Å². The predicted molar refractivity (Wildman–Crippen MR) is 87.1 cm³/mol. The molecule has 0 aliphatic heterocycles. The second-order valence-corrected chi connectivity index (χ2v) is 7.76. The zero-order chi connectivity index (χ0) is 18.9. The van der Waals surface area contributed by atoms with Gasteiger partial charge < -0.3 is 4.52 Å². The van der Waals surface area contributed by atoms with Gasteiger partial charge in [-0.3, -0.25) is 0 Å². The van der Waals surface area contributed by atoms with Crippen LogP contribution in [0.4, 0.5) is 13.2 Å². The van der Waals surface area contributed by atoms with Gasteiger partial charge in [-0.15, -0.1) is 0 Å². The lowest BCUT2D eigenvalue weighted by molar-refractivity contribution is -0.159. The van der Waals surface area contributed by atoms with Crippen molar-refractivity contribution in [2.45, 2.75) is 16.8 Å². The monoisotopic (exact) mass is 402 g/mol. The van der Waals surface area contributed by atoms with E-state index in [9.17, 15) is 21.6 Å². The first kappa shape index (κ1) is 18.4. The Hall–Kier alpha value is -2.39. The van der Waals surface area contributed by atoms with Gasteiger partial charge in [0.1, 0.15) is 0 Å². The summed E-state index contributed by atoms with van der Waals surface area (Å²) < 4.78 is 66.5. The van der Waals surface area contributed by atoms with Crippen LogP contribution in [0.1, 0.15) is 11.5 Å². The minimum absolute atomic E-state index is 0.0238. The summed E-state index contributed by atoms with van der Waals surface area (Å²) in [6.45, 7) is 0. The maximum absolute atomic E-state index is 12.5. The van der Waals surface area contributed by atoms with Crippen LogP contribution in [0.5, 0.6) is 0 Å². The average molecular weight is 403 g/mol. The minimum Gasteiger partial charge on any atom is -0.329 e. The van der Waals surface area contributed by atoms with Crippen molar-refractivity contribution in [2.75, 3.05) is 0 Å². The van der Waals surface area contributed by atoms with Gasteiger partial charge in [-0.25, -0.2) is 8.42 Å². The van der Waals surface area contributed by atoms with E-state index in [0.717, 1.165) is 0 Å². The summed E-state index contributed by atoms with van der Waals surface area (Å²) in [6.07, 6.45) is -4.74. The largest absolute Gasteiger partial charge is 0.471 e. The molecule has 0 atom stereocenters. The minimum atomic E-state index is -4.74. The second-order valence-electron chi connectivity index (χ2n) is 5.33. The van der Waals surface area contributed by atoms with Gasteiger partial charge in [0.2, 0.25) is 5.82 Å². The molecule has 136 valence electrons. The first-order valence-corrected chi connectivity index (χ1v) is 9.17. The van der Waals surface area contributed by atoms with Crippen molar-refractivity contribution in [1.82, 2.24) is 10.1 Å². The number of sulfone groups is 1. The maximum Gasteiger partial charge on any atom is 0.471 e. The smallest absolute Gasteiger partial charge is 0.329 e. The van der Waals surface area contributed by atoms with Crippen molar-refractivity contribution in [2.24, 2.45) is 0 Å². The predicted octanol–water partition coefficient (Wildman–Crippen LogP) is 4.38. The summed E-state index contributed by atoms with van der Waals surface area (Å²) in [7, 11) is -3.63. The highest BCUT2D eigenvalue weighted by Crippen LogP contribution is 2.29. The van der Waals surface area contributed by atoms with E-state index in [0.29, 0.717) is 10.6 Å². The molecule has 0 saturated heterocycles. The number of hydrogen-bond acceptors (Lipinski definition) is 5. The fourth-order valence-corrected chi connectivity index (χ4v) is 3.63. The molecule has 2 aromatic carbocycles. The average Bonchev–Trinajstić information content (AvgIpc) is 3.07. The van der Waals surface area contributed by atoms with Crippen molar-refractivity contribution in [3.63, 3.8) is 0 Å². The number of halogens is 4. The van der Waals surface area contributed by atoms with Gasteiger partial charge in [0.25, 0.3) is 0 Å². The molecule has 0 spiro atoms. The van der Waals surface area contributed by atoms with Crippen LogP contribution in [0.2, 0.25) is 5.02 Å². The van der Waals surface area contributed by atoms with E-state index >= 15 is 0 Å². The summed E-state index contributed by atoms with van der Waals surface area (Å²) >= 11 is 5.77. The Morgan fingerprint density at radius 2 is 1.62 bits per heavy atom. The van der Waals surface area contributed by atoms with Crippen LogP contribution in [0.15, 0.2) is 57.9 Å². The SMILES string of the molecule is O=S(=O)(Cc1ccc(Cl)cc1)c1ccc(-c2noc(C(F)(F)F)n2)cc1. The summed E-state index contributed by atoms with van der Waals surface area (Å²) in [6, 6.07) is 11.6. The molecule has 0 fully saturated rings. The Balaban J connectivity index is 1.82. The summed E-state index contributed by atoms with van der Waals surface area (Å²) in [4.78, 5) is 3.28. The molecule has 0 radical (unpaired) electrons. The Bertz CT molecular complexity index is 1010. The molecule has 10 heteroatoms. The van der Waals surface area contributed by atoms with E-state index < -0.39 is 21.9 Å². The molecular formula is C16H10ClF3N2O3S. The normalized spacial score (nSPS) is 12.3. The molecule has 0 N–H and O–H groups in total. The highest BCUT2D eigenvalue weighted by molar-refractivity contribution is 7.90. The molecule has 0 saturated carbocycles. The highest BCUT2D eigenvalue weighted by Gasteiger charge is 2.38. The molecule has 0 unspecified atom stereocenters. The Morgan fingerprint density at radius 3 is 2.15 bits per heavy atom. The van der Waals surface area contributed by atoms with Gasteiger partial charge in [-0.2, -0.15) is 18.2 Å². The standard InChI is InChI=1S/C16H10ClF3N2O3S/c17-12-5-1-10(2-6-12)9-26(23,24)13-7-3-11(4-8-13)14-21-15(25-22-14)16(18,19)20/h1-8H,9H2. The fourth-order valence-electron chi connectivity index (χ4n) is 2.15. The molecule has 3 aromatic rings. The molecule has 1 aromatic heterocycles. The number of benzene rings is 2. The first-order chi connectivity index (χ1) is 12.1. The van der Waals surface area contributed by atoms with Crippen LogP contribution in [0, 0.1) is 0 Å². The fraction of sp³-hybridized carbons (Fsp3) is 0.125. The van der Waals surface area contributed by atoms with E-state index in [1.165, 1.54) is 24.3 Å². The first-order valence-electron chi connectivity index (χ1n) is 7.14. The zero-order valence-electron chi connectivity index (χ0n) is 12.9. The summed E-state index contributed by atoms with van der Waals surface area (Å²) in [5.74, 6) is -1.98. The molecular weight excluding hydrogens is 393 g/mol. The molecule has 0 bridgehead atoms. The van der Waals surface area contributed by atoms with Crippen LogP contribution in [-0.2, 0) is 21.8 Å². The third kappa shape index (κ3) is 4.05. The highest BCUT2D eigenvalue weighted by atomic mass is 35.5. The van der Waals surface area contributed by atoms with Crippen molar-refractivity contribution in [3.05, 3.63) is 65.0 Å². The van der Waals surface area contributed by atoms with Gasteiger partial charge in [-0.1, -0.05) is 28.9 Å². The Morgan fingerprint density at radius 1 is 1.00 bits per heavy atom. The number of nitrogens with zero attached hydrogens (tertiary/aromatic N) is 2. The van der Waals surface area contributed by atoms with Crippen molar-refractivity contribution in [1.29, 1.82) is 0 Å². The van der Waals surface area contributed by atoms with Crippen molar-refractivity contribution < 1.29 is 26.1 Å². The van der Waals surface area contributed by atoms with Gasteiger partial charge in [0.05, 0.1) is 10.6 Å². The van der Waals surface area contributed by atoms with Crippen molar-refractivity contribution >= 4 is 21.4 Å². The lowest BCUT2D eigenvalue weighted by atomic mass is 10.2. The Labute approximate surface area is 151 Å². The van der Waals surface area contributed by atoms with E-state index in [-0.39, 0.29) is 22.0 Å². The van der Waals surface area contributed by atoms with Gasteiger partial charge in [0.15, 0.2) is 9.84 Å². The number of aromatic nitrogens is 2. The molecule has 26 heavy (non-hydrogen) atoms. The van der Waals surface area contributed by atoms with Gasteiger partial charge in [0, 0.05) is 10.6 Å². The topological polar surface area (TPSA) is 73.1 Å². The zero-order valence-corrected chi connectivity index (χ0v) is 14.4. The van der Waals surface area contributed by atoms with Crippen LogP contribution >= 0.6 is 11.6 Å². The van der Waals surface area contributed by atoms with E-state index in [2.05, 4.69) is 14.7 Å². The van der Waals surface area contributed by atoms with E-state index in [4.69, 9.17) is 11.6 Å². The molecule has 0 aliphatic rings. The summed E-state index contributed by atoms with van der Waals surface area (Å²) in [5.41, 5.74) is 0.765. The molecule has 3 rings (SSSR count). The second kappa shape index (κ2) is 6.73. The van der Waals surface area contributed by atoms with Gasteiger partial charge in [-0.05, 0) is 42.0 Å². The van der Waals surface area contributed by atoms with Crippen LogP contribution in [0.3, 0.4) is 0 Å². The third-order valence-corrected chi connectivity index (χ3v) is 5.37. The van der Waals surface area contributed by atoms with Crippen LogP contribution < -0.4 is 0 Å². The molecule has 1 heterocycles. The number of hydrogen-bond donors (Lipinski definition) is 0. The van der Waals surface area contributed by atoms with E-state index in [1.54, 1.807) is 24.3 Å². The quantitative estimate of drug-likeness (QED) is 0.647. The lowest BCUT2D eigenvalue weighted by Gasteiger charge is -2.05. The number of alkyl halides is 3. The summed E-state index contributed by atoms with van der Waals surface area (Å²) in [5, 5.41) is 3.75. The Kier molecular flexibility index (Phi) is 4.76. The third-order valence-electron chi connectivity index (χ3n) is 3.41. The van der Waals surface area contributed by atoms with Crippen LogP contribution in [-0.4, -0.2) is 18.6 Å². The number of rotatable bonds is 4. The maximum atomic E-state index is 12.5. The van der Waals surface area contributed by atoms with Gasteiger partial charge >= 0.3 is 12.1 Å². The molecule has 0 aliphatic carbocycles. The van der Waals surface area contributed by atoms with Crippen LogP contribution in [0.25, 0.3) is 11.4 Å².